The van der Waals surface area contributed by atoms with Gasteiger partial charge in [-0.2, -0.15) is 0 Å². The Morgan fingerprint density at radius 3 is 2.56 bits per heavy atom. The molecule has 1 saturated carbocycles. The predicted octanol–water partition coefficient (Wildman–Crippen LogP) is 3.70. The zero-order valence-corrected chi connectivity index (χ0v) is 9.59. The molecule has 1 aromatic carbocycles. The van der Waals surface area contributed by atoms with Crippen LogP contribution in [0.15, 0.2) is 12.1 Å². The number of rotatable bonds is 4. The van der Waals surface area contributed by atoms with Crippen LogP contribution in [0.5, 0.6) is 5.75 Å². The summed E-state index contributed by atoms with van der Waals surface area (Å²) in [6, 6.07) is 2.27. The Kier molecular flexibility index (Phi) is 3.13. The minimum absolute atomic E-state index is 0.130. The molecule has 0 aromatic heterocycles. The van der Waals surface area contributed by atoms with Gasteiger partial charge in [0.05, 0.1) is 6.10 Å². The summed E-state index contributed by atoms with van der Waals surface area (Å²) in [6.07, 6.45) is 2.71. The number of hydrogen-bond donors (Lipinski definition) is 0. The van der Waals surface area contributed by atoms with Crippen LogP contribution in [-0.2, 0) is 6.42 Å². The van der Waals surface area contributed by atoms with Crippen molar-refractivity contribution in [3.8, 4) is 5.75 Å². The lowest BCUT2D eigenvalue weighted by Crippen LogP contribution is -2.05. The molecule has 0 aliphatic heterocycles. The molecule has 1 aliphatic rings. The molecule has 16 heavy (non-hydrogen) atoms. The molecule has 0 saturated heterocycles. The highest BCUT2D eigenvalue weighted by Gasteiger charge is 2.26. The predicted molar refractivity (Wildman–Crippen MR) is 58.6 cm³/mol. The van der Waals surface area contributed by atoms with Crippen molar-refractivity contribution in [1.82, 2.24) is 0 Å². The van der Waals surface area contributed by atoms with Crippen LogP contribution in [0.25, 0.3) is 0 Å². The molecule has 1 aliphatic carbocycles. The first-order chi connectivity index (χ1) is 7.56. The summed E-state index contributed by atoms with van der Waals surface area (Å²) in [6.45, 7) is 4.04. The summed E-state index contributed by atoms with van der Waals surface area (Å²) in [5.41, 5.74) is 0.638. The molecular formula is C13H16F2O. The van der Waals surface area contributed by atoms with Crippen molar-refractivity contribution < 1.29 is 13.5 Å². The van der Waals surface area contributed by atoms with Crippen LogP contribution in [0.1, 0.15) is 32.3 Å². The van der Waals surface area contributed by atoms with E-state index >= 15 is 0 Å². The molecule has 0 radical (unpaired) electrons. The molecule has 0 atom stereocenters. The largest absolute Gasteiger partial charge is 0.487 e. The molecule has 0 unspecified atom stereocenters. The highest BCUT2D eigenvalue weighted by molar-refractivity contribution is 5.36. The summed E-state index contributed by atoms with van der Waals surface area (Å²) < 4.78 is 32.2. The highest BCUT2D eigenvalue weighted by Crippen LogP contribution is 2.33. The van der Waals surface area contributed by atoms with Crippen molar-refractivity contribution in [3.05, 3.63) is 29.3 Å². The van der Waals surface area contributed by atoms with Gasteiger partial charge in [-0.25, -0.2) is 8.78 Å². The number of hydrogen-bond acceptors (Lipinski definition) is 1. The maximum Gasteiger partial charge on any atom is 0.168 e. The van der Waals surface area contributed by atoms with E-state index in [1.807, 2.05) is 13.8 Å². The summed E-state index contributed by atoms with van der Waals surface area (Å²) in [7, 11) is 0. The third-order valence-corrected chi connectivity index (χ3v) is 2.52. The molecule has 0 spiro atoms. The monoisotopic (exact) mass is 226 g/mol. The number of ether oxygens (including phenoxy) is 1. The lowest BCUT2D eigenvalue weighted by Gasteiger charge is -2.13. The summed E-state index contributed by atoms with van der Waals surface area (Å²) in [5.74, 6) is -0.515. The third kappa shape index (κ3) is 2.71. The van der Waals surface area contributed by atoms with Gasteiger partial charge in [-0.3, -0.25) is 0 Å². The van der Waals surface area contributed by atoms with Gasteiger partial charge in [0.15, 0.2) is 11.6 Å². The van der Waals surface area contributed by atoms with E-state index in [0.717, 1.165) is 18.9 Å². The van der Waals surface area contributed by atoms with Crippen molar-refractivity contribution in [2.75, 3.05) is 0 Å². The summed E-state index contributed by atoms with van der Waals surface area (Å²) in [4.78, 5) is 0. The zero-order valence-electron chi connectivity index (χ0n) is 9.59. The summed E-state index contributed by atoms with van der Waals surface area (Å²) >= 11 is 0. The van der Waals surface area contributed by atoms with E-state index in [-0.39, 0.29) is 11.9 Å². The zero-order chi connectivity index (χ0) is 11.7. The molecule has 0 heterocycles. The second-order valence-corrected chi connectivity index (χ2v) is 4.79. The molecular weight excluding hydrogens is 210 g/mol. The van der Waals surface area contributed by atoms with Gasteiger partial charge < -0.3 is 4.74 Å². The second-order valence-electron chi connectivity index (χ2n) is 4.79. The van der Waals surface area contributed by atoms with Crippen LogP contribution >= 0.6 is 0 Å². The first kappa shape index (κ1) is 11.4. The maximum absolute atomic E-state index is 13.6. The fourth-order valence-corrected chi connectivity index (χ4v) is 1.69. The van der Waals surface area contributed by atoms with E-state index in [0.29, 0.717) is 17.9 Å². The molecule has 0 N–H and O–H groups in total. The smallest absolute Gasteiger partial charge is 0.168 e. The molecule has 1 aromatic rings. The average molecular weight is 226 g/mol. The molecule has 1 nitrogen and oxygen atoms in total. The Bertz CT molecular complexity index is 384. The minimum Gasteiger partial charge on any atom is -0.487 e. The van der Waals surface area contributed by atoms with Gasteiger partial charge in [-0.15, -0.1) is 0 Å². The van der Waals surface area contributed by atoms with Gasteiger partial charge in [0.2, 0.25) is 0 Å². The van der Waals surface area contributed by atoms with Crippen LogP contribution in [0.4, 0.5) is 8.78 Å². The van der Waals surface area contributed by atoms with Crippen molar-refractivity contribution in [2.24, 2.45) is 5.92 Å². The van der Waals surface area contributed by atoms with E-state index in [2.05, 4.69) is 0 Å². The Morgan fingerprint density at radius 1 is 1.31 bits per heavy atom. The van der Waals surface area contributed by atoms with Gasteiger partial charge in [-0.05, 0) is 31.2 Å². The third-order valence-electron chi connectivity index (χ3n) is 2.52. The molecule has 0 bridgehead atoms. The minimum atomic E-state index is -0.581. The number of halogens is 2. The second kappa shape index (κ2) is 4.40. The maximum atomic E-state index is 13.6. The van der Waals surface area contributed by atoms with Crippen molar-refractivity contribution in [3.63, 3.8) is 0 Å². The van der Waals surface area contributed by atoms with Crippen LogP contribution in [0.3, 0.4) is 0 Å². The first-order valence-corrected chi connectivity index (χ1v) is 5.71. The van der Waals surface area contributed by atoms with Gasteiger partial charge >= 0.3 is 0 Å². The van der Waals surface area contributed by atoms with E-state index in [9.17, 15) is 8.78 Å². The first-order valence-electron chi connectivity index (χ1n) is 5.71. The fourth-order valence-electron chi connectivity index (χ4n) is 1.69. The topological polar surface area (TPSA) is 9.23 Å². The SMILES string of the molecule is CC(C)Cc1cc(F)cc(F)c1OC1CC1. The van der Waals surface area contributed by atoms with Crippen molar-refractivity contribution in [1.29, 1.82) is 0 Å². The molecule has 0 amide bonds. The highest BCUT2D eigenvalue weighted by atomic mass is 19.1. The average Bonchev–Trinajstić information content (AvgIpc) is 2.93. The van der Waals surface area contributed by atoms with Gasteiger partial charge in [0.25, 0.3) is 0 Å². The Balaban J connectivity index is 2.29. The summed E-state index contributed by atoms with van der Waals surface area (Å²) in [5, 5.41) is 0. The van der Waals surface area contributed by atoms with E-state index < -0.39 is 11.6 Å². The Morgan fingerprint density at radius 2 is 2.00 bits per heavy atom. The van der Waals surface area contributed by atoms with Gasteiger partial charge in [-0.1, -0.05) is 13.8 Å². The molecule has 1 fully saturated rings. The molecule has 2 rings (SSSR count). The lowest BCUT2D eigenvalue weighted by molar-refractivity contribution is 0.282. The number of benzene rings is 1. The quantitative estimate of drug-likeness (QED) is 0.760. The van der Waals surface area contributed by atoms with Crippen molar-refractivity contribution >= 4 is 0 Å². The Labute approximate surface area is 94.4 Å². The van der Waals surface area contributed by atoms with E-state index in [1.54, 1.807) is 0 Å². The van der Waals surface area contributed by atoms with E-state index in [1.165, 1.54) is 6.07 Å². The Hall–Kier alpha value is -1.12. The standard InChI is InChI=1S/C13H16F2O/c1-8(2)5-9-6-10(14)7-12(15)13(9)16-11-3-4-11/h6-8,11H,3-5H2,1-2H3. The molecule has 3 heteroatoms. The van der Waals surface area contributed by atoms with Crippen LogP contribution < -0.4 is 4.74 Å². The van der Waals surface area contributed by atoms with Gasteiger partial charge in [0, 0.05) is 11.6 Å². The van der Waals surface area contributed by atoms with Crippen molar-refractivity contribution in [2.45, 2.75) is 39.2 Å². The van der Waals surface area contributed by atoms with Crippen LogP contribution in [0, 0.1) is 17.6 Å². The fraction of sp³-hybridized carbons (Fsp3) is 0.538. The van der Waals surface area contributed by atoms with E-state index in [4.69, 9.17) is 4.74 Å². The van der Waals surface area contributed by atoms with Crippen LogP contribution in [0.2, 0.25) is 0 Å². The lowest BCUT2D eigenvalue weighted by atomic mass is 10.0. The van der Waals surface area contributed by atoms with Crippen LogP contribution in [-0.4, -0.2) is 6.10 Å². The normalized spacial score (nSPS) is 15.6. The van der Waals surface area contributed by atoms with Gasteiger partial charge in [0.1, 0.15) is 5.82 Å². The molecule has 88 valence electrons.